The molecule has 0 atom stereocenters. The van der Waals surface area contributed by atoms with Crippen molar-refractivity contribution < 1.29 is 9.21 Å². The number of nitrogens with one attached hydrogen (secondary N) is 1. The molecule has 0 bridgehead atoms. The zero-order valence-electron chi connectivity index (χ0n) is 10.3. The molecule has 0 radical (unpaired) electrons. The van der Waals surface area contributed by atoms with Crippen molar-refractivity contribution in [2.24, 2.45) is 5.92 Å². The van der Waals surface area contributed by atoms with E-state index in [1.807, 2.05) is 0 Å². The molecule has 2 aromatic rings. The van der Waals surface area contributed by atoms with Crippen molar-refractivity contribution in [3.63, 3.8) is 0 Å². The first kappa shape index (κ1) is 13.8. The fourth-order valence-corrected chi connectivity index (χ4v) is 1.84. The van der Waals surface area contributed by atoms with Crippen molar-refractivity contribution in [2.75, 3.05) is 5.32 Å². The molecule has 1 heterocycles. The number of hydrogen-bond acceptors (Lipinski definition) is 4. The van der Waals surface area contributed by atoms with Gasteiger partial charge >= 0.3 is 6.01 Å². The highest BCUT2D eigenvalue weighted by molar-refractivity contribution is 6.35. The Morgan fingerprint density at radius 1 is 1.21 bits per heavy atom. The summed E-state index contributed by atoms with van der Waals surface area (Å²) in [6, 6.07) is 4.94. The number of amides is 1. The van der Waals surface area contributed by atoms with Gasteiger partial charge in [-0.25, -0.2) is 0 Å². The third-order valence-corrected chi connectivity index (χ3v) is 2.73. The lowest BCUT2D eigenvalue weighted by atomic mass is 10.2. The summed E-state index contributed by atoms with van der Waals surface area (Å²) in [7, 11) is 0. The van der Waals surface area contributed by atoms with Gasteiger partial charge in [0.15, 0.2) is 0 Å². The minimum atomic E-state index is -0.195. The van der Waals surface area contributed by atoms with Crippen LogP contribution in [0.1, 0.15) is 13.8 Å². The number of nitrogens with zero attached hydrogens (tertiary/aromatic N) is 2. The number of anilines is 1. The van der Waals surface area contributed by atoms with Crippen molar-refractivity contribution in [3.8, 4) is 11.5 Å². The quantitative estimate of drug-likeness (QED) is 0.939. The smallest absolute Gasteiger partial charge is 0.322 e. The summed E-state index contributed by atoms with van der Waals surface area (Å²) in [6.45, 7) is 3.53. The van der Waals surface area contributed by atoms with Crippen LogP contribution in [0.4, 0.5) is 6.01 Å². The van der Waals surface area contributed by atoms with Crippen molar-refractivity contribution >= 4 is 35.1 Å². The van der Waals surface area contributed by atoms with Gasteiger partial charge in [-0.15, -0.1) is 5.10 Å². The topological polar surface area (TPSA) is 68.0 Å². The molecule has 0 aliphatic rings. The van der Waals surface area contributed by atoms with Crippen LogP contribution in [-0.2, 0) is 4.79 Å². The molecule has 19 heavy (non-hydrogen) atoms. The molecule has 0 saturated heterocycles. The van der Waals surface area contributed by atoms with Crippen molar-refractivity contribution in [1.82, 2.24) is 10.2 Å². The number of halogens is 2. The highest BCUT2D eigenvalue weighted by Gasteiger charge is 2.14. The Hall–Kier alpha value is -1.59. The van der Waals surface area contributed by atoms with Crippen molar-refractivity contribution in [1.29, 1.82) is 0 Å². The van der Waals surface area contributed by atoms with E-state index in [1.54, 1.807) is 32.0 Å². The predicted octanol–water partition coefficient (Wildman–Crippen LogP) is 3.64. The van der Waals surface area contributed by atoms with Gasteiger partial charge in [-0.1, -0.05) is 42.1 Å². The molecule has 0 fully saturated rings. The monoisotopic (exact) mass is 299 g/mol. The maximum Gasteiger partial charge on any atom is 0.322 e. The van der Waals surface area contributed by atoms with Gasteiger partial charge in [0.2, 0.25) is 11.8 Å². The Labute approximate surface area is 119 Å². The normalized spacial score (nSPS) is 10.8. The predicted molar refractivity (Wildman–Crippen MR) is 73.2 cm³/mol. The van der Waals surface area contributed by atoms with Gasteiger partial charge in [0.25, 0.3) is 0 Å². The van der Waals surface area contributed by atoms with Crippen LogP contribution in [0.15, 0.2) is 22.6 Å². The maximum atomic E-state index is 11.5. The summed E-state index contributed by atoms with van der Waals surface area (Å²) >= 11 is 11.8. The molecule has 7 heteroatoms. The summed E-state index contributed by atoms with van der Waals surface area (Å²) in [5, 5.41) is 11.0. The highest BCUT2D eigenvalue weighted by Crippen LogP contribution is 2.27. The average molecular weight is 300 g/mol. The van der Waals surface area contributed by atoms with Crippen LogP contribution in [0.25, 0.3) is 11.5 Å². The molecule has 100 valence electrons. The van der Waals surface area contributed by atoms with Crippen LogP contribution in [0.5, 0.6) is 0 Å². The van der Waals surface area contributed by atoms with E-state index in [4.69, 9.17) is 27.6 Å². The first-order valence-corrected chi connectivity index (χ1v) is 6.32. The van der Waals surface area contributed by atoms with Crippen LogP contribution >= 0.6 is 23.2 Å². The van der Waals surface area contributed by atoms with Crippen LogP contribution < -0.4 is 5.32 Å². The second kappa shape index (κ2) is 5.59. The molecule has 0 aliphatic heterocycles. The van der Waals surface area contributed by atoms with E-state index >= 15 is 0 Å². The lowest BCUT2D eigenvalue weighted by molar-refractivity contribution is -0.119. The second-order valence-electron chi connectivity index (χ2n) is 4.21. The van der Waals surface area contributed by atoms with Gasteiger partial charge in [-0.2, -0.15) is 0 Å². The van der Waals surface area contributed by atoms with Crippen molar-refractivity contribution in [2.45, 2.75) is 13.8 Å². The van der Waals surface area contributed by atoms with E-state index in [9.17, 15) is 4.79 Å². The average Bonchev–Trinajstić information content (AvgIpc) is 2.76. The molecule has 1 amide bonds. The Bertz CT molecular complexity index is 591. The largest absolute Gasteiger partial charge is 0.403 e. The third kappa shape index (κ3) is 3.45. The lowest BCUT2D eigenvalue weighted by Crippen LogP contribution is -2.17. The summed E-state index contributed by atoms with van der Waals surface area (Å²) in [5.41, 5.74) is 0.593. The first-order valence-electron chi connectivity index (χ1n) is 5.56. The van der Waals surface area contributed by atoms with Crippen LogP contribution in [0.2, 0.25) is 10.0 Å². The summed E-state index contributed by atoms with van der Waals surface area (Å²) in [5.74, 6) is -0.126. The zero-order chi connectivity index (χ0) is 14.0. The molecule has 0 aliphatic carbocycles. The molecule has 1 aromatic carbocycles. The number of benzene rings is 1. The molecule has 0 saturated carbocycles. The van der Waals surface area contributed by atoms with E-state index in [-0.39, 0.29) is 23.7 Å². The molecule has 0 spiro atoms. The fourth-order valence-electron chi connectivity index (χ4n) is 1.32. The van der Waals surface area contributed by atoms with E-state index in [0.717, 1.165) is 0 Å². The van der Waals surface area contributed by atoms with Crippen LogP contribution in [0, 0.1) is 5.92 Å². The number of hydrogen-bond donors (Lipinski definition) is 1. The lowest BCUT2D eigenvalue weighted by Gasteiger charge is -2.02. The summed E-state index contributed by atoms with van der Waals surface area (Å²) in [6.07, 6.45) is 0. The number of aromatic nitrogens is 2. The molecule has 0 unspecified atom stereocenters. The molecule has 1 aromatic heterocycles. The van der Waals surface area contributed by atoms with E-state index < -0.39 is 0 Å². The van der Waals surface area contributed by atoms with Gasteiger partial charge < -0.3 is 4.42 Å². The van der Waals surface area contributed by atoms with Crippen LogP contribution in [-0.4, -0.2) is 16.1 Å². The van der Waals surface area contributed by atoms with Gasteiger partial charge in [0, 0.05) is 21.5 Å². The van der Waals surface area contributed by atoms with E-state index in [1.165, 1.54) is 0 Å². The Kier molecular flexibility index (Phi) is 4.07. The Morgan fingerprint density at radius 2 is 1.84 bits per heavy atom. The summed E-state index contributed by atoms with van der Waals surface area (Å²) in [4.78, 5) is 11.5. The van der Waals surface area contributed by atoms with Crippen LogP contribution in [0.3, 0.4) is 0 Å². The standard InChI is InChI=1S/C12H11Cl2N3O2/c1-6(2)10(18)15-12-17-16-11(19-12)7-3-8(13)5-9(14)4-7/h3-6H,1-2H3,(H,15,17,18). The van der Waals surface area contributed by atoms with E-state index in [0.29, 0.717) is 15.6 Å². The molecule has 1 N–H and O–H groups in total. The number of rotatable bonds is 3. The first-order chi connectivity index (χ1) is 8.95. The summed E-state index contributed by atoms with van der Waals surface area (Å²) < 4.78 is 5.33. The fraction of sp³-hybridized carbons (Fsp3) is 0.250. The molecular formula is C12H11Cl2N3O2. The van der Waals surface area contributed by atoms with E-state index in [2.05, 4.69) is 15.5 Å². The maximum absolute atomic E-state index is 11.5. The van der Waals surface area contributed by atoms with Gasteiger partial charge in [0.05, 0.1) is 0 Å². The van der Waals surface area contributed by atoms with Gasteiger partial charge in [-0.05, 0) is 18.2 Å². The Morgan fingerprint density at radius 3 is 2.42 bits per heavy atom. The minimum Gasteiger partial charge on any atom is -0.403 e. The molecular weight excluding hydrogens is 289 g/mol. The highest BCUT2D eigenvalue weighted by atomic mass is 35.5. The molecule has 5 nitrogen and oxygen atoms in total. The minimum absolute atomic E-state index is 0.0461. The third-order valence-electron chi connectivity index (χ3n) is 2.29. The Balaban J connectivity index is 2.23. The molecule has 2 rings (SSSR count). The number of carbonyl (C=O) groups excluding carboxylic acids is 1. The number of carbonyl (C=O) groups is 1. The SMILES string of the molecule is CC(C)C(=O)Nc1nnc(-c2cc(Cl)cc(Cl)c2)o1. The second-order valence-corrected chi connectivity index (χ2v) is 5.09. The van der Waals surface area contributed by atoms with Gasteiger partial charge in [-0.3, -0.25) is 10.1 Å². The zero-order valence-corrected chi connectivity index (χ0v) is 11.8. The van der Waals surface area contributed by atoms with Gasteiger partial charge in [0.1, 0.15) is 0 Å². The van der Waals surface area contributed by atoms with Crippen molar-refractivity contribution in [3.05, 3.63) is 28.2 Å².